The summed E-state index contributed by atoms with van der Waals surface area (Å²) in [6.07, 6.45) is 1.47. The van der Waals surface area contributed by atoms with Crippen LogP contribution in [0.3, 0.4) is 0 Å². The summed E-state index contributed by atoms with van der Waals surface area (Å²) in [6, 6.07) is 12.6. The first-order valence-electron chi connectivity index (χ1n) is 9.23. The molecule has 0 aliphatic carbocycles. The van der Waals surface area contributed by atoms with E-state index in [9.17, 15) is 23.6 Å². The molecule has 0 spiro atoms. The summed E-state index contributed by atoms with van der Waals surface area (Å²) in [5, 5.41) is 8.64. The number of aromatic nitrogens is 2. The van der Waals surface area contributed by atoms with Gasteiger partial charge in [0.15, 0.2) is 12.4 Å². The SMILES string of the molecule is CBc1cnc(SC(F)(F)C(=O)NCC(=O)OC)n1-c1ccc(C#N)c2ccccc12. The Morgan fingerprint density at radius 1 is 1.29 bits per heavy atom. The quantitative estimate of drug-likeness (QED) is 0.342. The van der Waals surface area contributed by atoms with Crippen LogP contribution in [0.4, 0.5) is 8.78 Å². The molecule has 0 saturated heterocycles. The van der Waals surface area contributed by atoms with E-state index in [4.69, 9.17) is 0 Å². The van der Waals surface area contributed by atoms with Crippen molar-refractivity contribution in [2.24, 2.45) is 0 Å². The van der Waals surface area contributed by atoms with Crippen LogP contribution >= 0.6 is 11.8 Å². The van der Waals surface area contributed by atoms with Crippen LogP contribution in [0, 0.1) is 11.3 Å². The zero-order valence-corrected chi connectivity index (χ0v) is 17.5. The normalized spacial score (nSPS) is 11.1. The summed E-state index contributed by atoms with van der Waals surface area (Å²) in [5.74, 6) is -2.46. The van der Waals surface area contributed by atoms with Gasteiger partial charge in [-0.05, 0) is 23.9 Å². The standard InChI is InChI=1S/C20H17BF2N4O3S/c1-21-16-10-26-19(31-20(22,23)18(29)25-11-17(28)30-2)27(16)15-8-7-12(9-24)13-5-3-4-6-14(13)15/h3-8,10,21H,11H2,1-2H3,(H,25,29). The van der Waals surface area contributed by atoms with Crippen LogP contribution in [0.2, 0.25) is 6.82 Å². The predicted molar refractivity (Wildman–Crippen MR) is 114 cm³/mol. The molecule has 0 aliphatic rings. The summed E-state index contributed by atoms with van der Waals surface area (Å²) >= 11 is -0.0212. The Bertz CT molecular complexity index is 1190. The molecule has 158 valence electrons. The Labute approximate surface area is 181 Å². The van der Waals surface area contributed by atoms with Crippen LogP contribution in [0.25, 0.3) is 16.5 Å². The maximum absolute atomic E-state index is 14.6. The second-order valence-corrected chi connectivity index (χ2v) is 7.47. The molecule has 0 bridgehead atoms. The number of esters is 1. The fraction of sp³-hybridized carbons (Fsp3) is 0.200. The van der Waals surface area contributed by atoms with E-state index >= 15 is 0 Å². The number of carbonyl (C=O) groups excluding carboxylic acids is 2. The number of benzene rings is 2. The van der Waals surface area contributed by atoms with E-state index < -0.39 is 23.7 Å². The second kappa shape index (κ2) is 9.18. The molecule has 0 atom stereocenters. The average molecular weight is 442 g/mol. The van der Waals surface area contributed by atoms with Crippen LogP contribution in [-0.4, -0.2) is 47.6 Å². The van der Waals surface area contributed by atoms with Gasteiger partial charge in [0, 0.05) is 22.6 Å². The van der Waals surface area contributed by atoms with Gasteiger partial charge in [-0.25, -0.2) is 4.98 Å². The maximum Gasteiger partial charge on any atom is 0.377 e. The largest absolute Gasteiger partial charge is 0.468 e. The molecule has 1 aromatic heterocycles. The molecule has 0 unspecified atom stereocenters. The summed E-state index contributed by atoms with van der Waals surface area (Å²) in [5.41, 5.74) is 1.68. The molecule has 1 N–H and O–H groups in total. The minimum Gasteiger partial charge on any atom is -0.468 e. The molecule has 0 radical (unpaired) electrons. The van der Waals surface area contributed by atoms with Crippen molar-refractivity contribution in [3.63, 3.8) is 0 Å². The van der Waals surface area contributed by atoms with Crippen molar-refractivity contribution in [1.82, 2.24) is 14.9 Å². The van der Waals surface area contributed by atoms with Crippen LogP contribution in [0.15, 0.2) is 47.8 Å². The van der Waals surface area contributed by atoms with Gasteiger partial charge in [0.05, 0.1) is 24.4 Å². The minimum atomic E-state index is -3.88. The van der Waals surface area contributed by atoms with Gasteiger partial charge in [-0.2, -0.15) is 14.0 Å². The molecule has 1 heterocycles. The Morgan fingerprint density at radius 3 is 2.65 bits per heavy atom. The highest BCUT2D eigenvalue weighted by Crippen LogP contribution is 2.37. The third kappa shape index (κ3) is 4.54. The van der Waals surface area contributed by atoms with Gasteiger partial charge in [0.1, 0.15) is 6.54 Å². The molecule has 7 nitrogen and oxygen atoms in total. The van der Waals surface area contributed by atoms with Gasteiger partial charge in [-0.15, -0.1) is 0 Å². The van der Waals surface area contributed by atoms with E-state index in [2.05, 4.69) is 15.8 Å². The van der Waals surface area contributed by atoms with Gasteiger partial charge >= 0.3 is 17.1 Å². The van der Waals surface area contributed by atoms with E-state index in [0.717, 1.165) is 7.11 Å². The number of methoxy groups -OCH3 is 1. The van der Waals surface area contributed by atoms with E-state index in [0.29, 0.717) is 34.9 Å². The molecule has 0 fully saturated rings. The van der Waals surface area contributed by atoms with Gasteiger partial charge < -0.3 is 14.6 Å². The van der Waals surface area contributed by atoms with Crippen LogP contribution < -0.4 is 10.9 Å². The fourth-order valence-corrected chi connectivity index (χ4v) is 3.82. The van der Waals surface area contributed by atoms with Crippen molar-refractivity contribution in [3.8, 4) is 11.8 Å². The number of carbonyl (C=O) groups is 2. The number of nitrogens with zero attached hydrogens (tertiary/aromatic N) is 3. The fourth-order valence-electron chi connectivity index (χ4n) is 3.01. The number of nitriles is 1. The highest BCUT2D eigenvalue weighted by Gasteiger charge is 2.42. The molecule has 3 aromatic rings. The lowest BCUT2D eigenvalue weighted by atomic mass is 9.78. The lowest BCUT2D eigenvalue weighted by Gasteiger charge is -2.18. The number of imidazole rings is 1. The smallest absolute Gasteiger partial charge is 0.377 e. The number of amides is 1. The average Bonchev–Trinajstić information content (AvgIpc) is 3.17. The second-order valence-electron chi connectivity index (χ2n) is 6.39. The van der Waals surface area contributed by atoms with Gasteiger partial charge in [0.25, 0.3) is 0 Å². The van der Waals surface area contributed by atoms with E-state index in [1.54, 1.807) is 41.0 Å². The maximum atomic E-state index is 14.6. The molecule has 2 aromatic carbocycles. The lowest BCUT2D eigenvalue weighted by molar-refractivity contribution is -0.143. The summed E-state index contributed by atoms with van der Waals surface area (Å²) in [6.45, 7) is 1.19. The molecule has 0 saturated carbocycles. The number of thioether (sulfide) groups is 1. The van der Waals surface area contributed by atoms with Crippen molar-refractivity contribution in [2.45, 2.75) is 17.2 Å². The van der Waals surface area contributed by atoms with Crippen molar-refractivity contribution < 1.29 is 23.1 Å². The van der Waals surface area contributed by atoms with Gasteiger partial charge in [-0.1, -0.05) is 31.1 Å². The van der Waals surface area contributed by atoms with Crippen molar-refractivity contribution >= 4 is 47.3 Å². The molecule has 1 amide bonds. The molecule has 11 heteroatoms. The van der Waals surface area contributed by atoms with Gasteiger partial charge in [-0.3, -0.25) is 9.59 Å². The van der Waals surface area contributed by atoms with Crippen molar-refractivity contribution in [1.29, 1.82) is 5.26 Å². The minimum absolute atomic E-state index is 0.0212. The van der Waals surface area contributed by atoms with Crippen LogP contribution in [0.1, 0.15) is 5.56 Å². The number of rotatable bonds is 7. The number of ether oxygens (including phenoxy) is 1. The van der Waals surface area contributed by atoms with Gasteiger partial charge in [0.2, 0.25) is 0 Å². The Kier molecular flexibility index (Phi) is 6.60. The van der Waals surface area contributed by atoms with Crippen LogP contribution in [0.5, 0.6) is 0 Å². The Balaban J connectivity index is 2.03. The summed E-state index contributed by atoms with van der Waals surface area (Å²) < 4.78 is 35.1. The summed E-state index contributed by atoms with van der Waals surface area (Å²) in [4.78, 5) is 27.2. The predicted octanol–water partition coefficient (Wildman–Crippen LogP) is 1.98. The zero-order valence-electron chi connectivity index (χ0n) is 16.7. The van der Waals surface area contributed by atoms with Crippen molar-refractivity contribution in [2.75, 3.05) is 13.7 Å². The van der Waals surface area contributed by atoms with E-state index in [1.807, 2.05) is 12.1 Å². The number of hydrogen-bond donors (Lipinski definition) is 1. The molecule has 3 rings (SSSR count). The number of alkyl halides is 2. The number of nitrogens with one attached hydrogen (secondary N) is 1. The lowest BCUT2D eigenvalue weighted by Crippen LogP contribution is -2.40. The molecular formula is C20H17BF2N4O3S. The number of fused-ring (bicyclic) bond motifs is 1. The first kappa shape index (κ1) is 22.3. The van der Waals surface area contributed by atoms with E-state index in [-0.39, 0.29) is 16.9 Å². The first-order valence-corrected chi connectivity index (χ1v) is 10.0. The third-order valence-electron chi connectivity index (χ3n) is 4.53. The number of hydrogen-bond acceptors (Lipinski definition) is 6. The Hall–Kier alpha value is -3.39. The Morgan fingerprint density at radius 2 is 2.00 bits per heavy atom. The highest BCUT2D eigenvalue weighted by atomic mass is 32.2. The first-order chi connectivity index (χ1) is 14.8. The van der Waals surface area contributed by atoms with Crippen molar-refractivity contribution in [3.05, 3.63) is 48.2 Å². The summed E-state index contributed by atoms with van der Waals surface area (Å²) in [7, 11) is 1.59. The molecular weight excluding hydrogens is 425 g/mol. The zero-order chi connectivity index (χ0) is 22.6. The monoisotopic (exact) mass is 442 g/mol. The topological polar surface area (TPSA) is 97.0 Å². The van der Waals surface area contributed by atoms with E-state index in [1.165, 1.54) is 6.20 Å². The molecule has 31 heavy (non-hydrogen) atoms. The molecule has 0 aliphatic heterocycles. The van der Waals surface area contributed by atoms with Crippen LogP contribution in [-0.2, 0) is 14.3 Å². The highest BCUT2D eigenvalue weighted by molar-refractivity contribution is 8.00. The number of halogens is 2. The third-order valence-corrected chi connectivity index (χ3v) is 5.44.